The highest BCUT2D eigenvalue weighted by molar-refractivity contribution is 6.02. The van der Waals surface area contributed by atoms with Crippen LogP contribution < -0.4 is 5.32 Å². The van der Waals surface area contributed by atoms with Crippen LogP contribution in [-0.4, -0.2) is 60.2 Å². The van der Waals surface area contributed by atoms with Crippen LogP contribution >= 0.6 is 0 Å². The Bertz CT molecular complexity index is 818. The van der Waals surface area contributed by atoms with Crippen molar-refractivity contribution in [3.63, 3.8) is 0 Å². The Kier molecular flexibility index (Phi) is 3.36. The zero-order chi connectivity index (χ0) is 17.1. The first-order valence-corrected chi connectivity index (χ1v) is 7.74. The summed E-state index contributed by atoms with van der Waals surface area (Å²) in [5, 5.41) is 33.7. The van der Waals surface area contributed by atoms with Crippen LogP contribution in [0, 0.1) is 0 Å². The Balaban J connectivity index is 1.87. The topological polar surface area (TPSA) is 130 Å². The fourth-order valence-electron chi connectivity index (χ4n) is 3.46. The van der Waals surface area contributed by atoms with E-state index in [2.05, 4.69) is 15.3 Å². The summed E-state index contributed by atoms with van der Waals surface area (Å²) in [6.07, 6.45) is 0.874. The molecule has 2 aromatic heterocycles. The Morgan fingerprint density at radius 1 is 1.46 bits per heavy atom. The smallest absolute Gasteiger partial charge is 0.225 e. The molecule has 24 heavy (non-hydrogen) atoms. The number of nitrogens with one attached hydrogen (secondary N) is 1. The van der Waals surface area contributed by atoms with Crippen molar-refractivity contribution in [3.05, 3.63) is 18.1 Å². The third kappa shape index (κ3) is 2.06. The van der Waals surface area contributed by atoms with Crippen LogP contribution in [-0.2, 0) is 16.0 Å². The van der Waals surface area contributed by atoms with Gasteiger partial charge in [0.1, 0.15) is 35.6 Å². The highest BCUT2D eigenvalue weighted by atomic mass is 16.6. The lowest BCUT2D eigenvalue weighted by atomic mass is 9.96. The molecule has 0 unspecified atom stereocenters. The maximum absolute atomic E-state index is 11.8. The third-order valence-electron chi connectivity index (χ3n) is 4.75. The Hall–Kier alpha value is -2.07. The van der Waals surface area contributed by atoms with Crippen molar-refractivity contribution in [1.29, 1.82) is 0 Å². The fraction of sp³-hybridized carbons (Fsp3) is 0.533. The third-order valence-corrected chi connectivity index (χ3v) is 4.75. The number of ether oxygens (including phenoxy) is 1. The van der Waals surface area contributed by atoms with Crippen LogP contribution in [0.2, 0.25) is 0 Å². The normalized spacial score (nSPS) is 32.8. The van der Waals surface area contributed by atoms with Crippen molar-refractivity contribution in [2.75, 3.05) is 11.9 Å². The number of aliphatic hydroxyl groups excluding tert-OH is 2. The first-order chi connectivity index (χ1) is 11.4. The number of aliphatic hydroxyl groups is 3. The fourth-order valence-corrected chi connectivity index (χ4v) is 3.46. The highest BCUT2D eigenvalue weighted by Crippen LogP contribution is 2.41. The number of aryl methyl sites for hydroxylation is 1. The van der Waals surface area contributed by atoms with E-state index in [0.717, 1.165) is 5.56 Å². The van der Waals surface area contributed by atoms with Crippen LogP contribution in [0.3, 0.4) is 0 Å². The van der Waals surface area contributed by atoms with Gasteiger partial charge in [-0.05, 0) is 18.9 Å². The van der Waals surface area contributed by atoms with Gasteiger partial charge in [-0.15, -0.1) is 0 Å². The second-order valence-corrected chi connectivity index (χ2v) is 6.41. The molecular formula is C15H18N4O5. The number of amides is 1. The average Bonchev–Trinajstić information content (AvgIpc) is 2.95. The van der Waals surface area contributed by atoms with E-state index in [0.29, 0.717) is 29.7 Å². The van der Waals surface area contributed by atoms with E-state index in [1.54, 1.807) is 10.8 Å². The van der Waals surface area contributed by atoms with Gasteiger partial charge in [-0.1, -0.05) is 0 Å². The van der Waals surface area contributed by atoms with E-state index < -0.39 is 30.6 Å². The van der Waals surface area contributed by atoms with Crippen molar-refractivity contribution < 1.29 is 24.9 Å². The molecule has 128 valence electrons. The predicted octanol–water partition coefficient (Wildman–Crippen LogP) is -0.682. The van der Waals surface area contributed by atoms with E-state index in [1.807, 2.05) is 0 Å². The summed E-state index contributed by atoms with van der Waals surface area (Å²) < 4.78 is 7.30. The summed E-state index contributed by atoms with van der Waals surface area (Å²) in [5.74, 6) is 0.311. The lowest BCUT2D eigenvalue weighted by molar-refractivity contribution is -0.116. The largest absolute Gasteiger partial charge is 0.394 e. The summed E-state index contributed by atoms with van der Waals surface area (Å²) >= 11 is 0. The summed E-state index contributed by atoms with van der Waals surface area (Å²) in [6, 6.07) is 0. The molecule has 4 atom stereocenters. The summed E-state index contributed by atoms with van der Waals surface area (Å²) in [5.41, 5.74) is -0.247. The highest BCUT2D eigenvalue weighted by Gasteiger charge is 2.53. The molecule has 2 aromatic rings. The van der Waals surface area contributed by atoms with Crippen molar-refractivity contribution >= 4 is 22.8 Å². The monoisotopic (exact) mass is 334 g/mol. The van der Waals surface area contributed by atoms with Gasteiger partial charge in [0.15, 0.2) is 6.23 Å². The van der Waals surface area contributed by atoms with Crippen LogP contribution in [0.5, 0.6) is 0 Å². The molecule has 0 saturated carbocycles. The van der Waals surface area contributed by atoms with Crippen molar-refractivity contribution in [2.24, 2.45) is 0 Å². The molecule has 2 aliphatic rings. The molecule has 4 rings (SSSR count). The molecular weight excluding hydrogens is 316 g/mol. The molecule has 0 aromatic carbocycles. The molecule has 2 aliphatic heterocycles. The number of aromatic nitrogens is 3. The number of carbonyl (C=O) groups excluding carboxylic acids is 1. The summed E-state index contributed by atoms with van der Waals surface area (Å²) in [4.78, 5) is 20.1. The van der Waals surface area contributed by atoms with Crippen LogP contribution in [0.25, 0.3) is 11.0 Å². The molecule has 0 spiro atoms. The standard InChI is InChI=1S/C15H18N4O5/c1-15(23)11(22)8(5-20)24-14(15)19-4-7-2-3-9(21)18-12-10(7)13(19)17-6-16-12/h4,6,8,11,14,20,22-23H,2-3,5H2,1H3,(H,16,17,18,21)/t8-,11-,14-,15-/m1/s1. The lowest BCUT2D eigenvalue weighted by Gasteiger charge is -2.27. The average molecular weight is 334 g/mol. The predicted molar refractivity (Wildman–Crippen MR) is 82.1 cm³/mol. The minimum Gasteiger partial charge on any atom is -0.394 e. The van der Waals surface area contributed by atoms with Crippen molar-refractivity contribution in [1.82, 2.24) is 14.5 Å². The number of carbonyl (C=O) groups is 1. The van der Waals surface area contributed by atoms with Crippen LogP contribution in [0.1, 0.15) is 25.1 Å². The number of rotatable bonds is 2. The zero-order valence-electron chi connectivity index (χ0n) is 13.0. The van der Waals surface area contributed by atoms with Gasteiger partial charge in [0.25, 0.3) is 0 Å². The van der Waals surface area contributed by atoms with Crippen LogP contribution in [0.4, 0.5) is 5.82 Å². The van der Waals surface area contributed by atoms with Gasteiger partial charge in [-0.25, -0.2) is 9.97 Å². The van der Waals surface area contributed by atoms with Gasteiger partial charge in [0.2, 0.25) is 5.91 Å². The zero-order valence-corrected chi connectivity index (χ0v) is 13.0. The van der Waals surface area contributed by atoms with E-state index in [1.165, 1.54) is 13.3 Å². The van der Waals surface area contributed by atoms with E-state index in [-0.39, 0.29) is 5.91 Å². The minimum atomic E-state index is -1.60. The number of nitrogens with zero attached hydrogens (tertiary/aromatic N) is 3. The molecule has 0 bridgehead atoms. The van der Waals surface area contributed by atoms with E-state index in [9.17, 15) is 20.1 Å². The molecule has 1 fully saturated rings. The molecule has 9 heteroatoms. The first kappa shape index (κ1) is 15.5. The molecule has 1 amide bonds. The molecule has 1 saturated heterocycles. The van der Waals surface area contributed by atoms with Gasteiger partial charge in [0.05, 0.1) is 12.0 Å². The molecule has 0 aliphatic carbocycles. The van der Waals surface area contributed by atoms with Crippen molar-refractivity contribution in [2.45, 2.75) is 43.8 Å². The van der Waals surface area contributed by atoms with Gasteiger partial charge >= 0.3 is 0 Å². The minimum absolute atomic E-state index is 0.113. The van der Waals surface area contributed by atoms with Crippen LogP contribution in [0.15, 0.2) is 12.5 Å². The van der Waals surface area contributed by atoms with Gasteiger partial charge < -0.3 is 29.9 Å². The number of hydrogen-bond donors (Lipinski definition) is 4. The molecule has 0 radical (unpaired) electrons. The summed E-state index contributed by atoms with van der Waals surface area (Å²) in [6.45, 7) is 1.05. The van der Waals surface area contributed by atoms with Gasteiger partial charge in [0, 0.05) is 12.6 Å². The lowest BCUT2D eigenvalue weighted by Crippen LogP contribution is -2.44. The Morgan fingerprint density at radius 3 is 2.96 bits per heavy atom. The van der Waals surface area contributed by atoms with Gasteiger partial charge in [-0.2, -0.15) is 0 Å². The number of anilines is 1. The second kappa shape index (κ2) is 5.21. The molecule has 9 nitrogen and oxygen atoms in total. The maximum Gasteiger partial charge on any atom is 0.225 e. The Labute approximate surface area is 136 Å². The maximum atomic E-state index is 11.8. The van der Waals surface area contributed by atoms with E-state index in [4.69, 9.17) is 4.74 Å². The Morgan fingerprint density at radius 2 is 2.25 bits per heavy atom. The second-order valence-electron chi connectivity index (χ2n) is 6.41. The molecule has 4 heterocycles. The van der Waals surface area contributed by atoms with Gasteiger partial charge in [-0.3, -0.25) is 4.79 Å². The quantitative estimate of drug-likeness (QED) is 0.572. The van der Waals surface area contributed by atoms with Crippen molar-refractivity contribution in [3.8, 4) is 0 Å². The first-order valence-electron chi connectivity index (χ1n) is 7.74. The van der Waals surface area contributed by atoms with E-state index >= 15 is 0 Å². The molecule has 4 N–H and O–H groups in total. The summed E-state index contributed by atoms with van der Waals surface area (Å²) in [7, 11) is 0. The SMILES string of the molecule is C[C@@]1(O)[C@H](O)[C@@H](CO)O[C@H]1n1cc2c3c(ncnc31)NC(=O)CC2. The number of hydrogen-bond acceptors (Lipinski definition) is 7.